The molecule has 0 saturated carbocycles. The van der Waals surface area contributed by atoms with E-state index in [1.807, 2.05) is 13.8 Å². The lowest BCUT2D eigenvalue weighted by Gasteiger charge is -2.32. The number of rotatable bonds is 8. The Morgan fingerprint density at radius 3 is 2.25 bits per heavy atom. The molecule has 0 atom stereocenters. The maximum absolute atomic E-state index is 12.4. The zero-order valence-electron chi connectivity index (χ0n) is 17.4. The van der Waals surface area contributed by atoms with Crippen molar-refractivity contribution in [3.8, 4) is 0 Å². The molecule has 0 unspecified atom stereocenters. The Bertz CT molecular complexity index is 593. The third kappa shape index (κ3) is 6.06. The molecule has 0 bridgehead atoms. The van der Waals surface area contributed by atoms with Crippen molar-refractivity contribution in [2.45, 2.75) is 58.5 Å². The van der Waals surface area contributed by atoms with E-state index in [4.69, 9.17) is 4.74 Å². The van der Waals surface area contributed by atoms with Gasteiger partial charge in [0.25, 0.3) is 0 Å². The molecule has 2 saturated heterocycles. The fourth-order valence-corrected chi connectivity index (χ4v) is 3.90. The number of amides is 1. The molecule has 0 aliphatic carbocycles. The van der Waals surface area contributed by atoms with Crippen LogP contribution in [0.4, 0.5) is 11.6 Å². The summed E-state index contributed by atoms with van der Waals surface area (Å²) >= 11 is 0. The Morgan fingerprint density at radius 1 is 1.07 bits per heavy atom. The maximum atomic E-state index is 12.4. The predicted molar refractivity (Wildman–Crippen MR) is 112 cm³/mol. The topological polar surface area (TPSA) is 70.6 Å². The number of nitrogens with zero attached hydrogens (tertiary/aromatic N) is 4. The van der Waals surface area contributed by atoms with Crippen LogP contribution in [0.5, 0.6) is 0 Å². The maximum Gasteiger partial charge on any atom is 0.223 e. The Labute approximate surface area is 168 Å². The van der Waals surface area contributed by atoms with Crippen molar-refractivity contribution in [2.75, 3.05) is 49.1 Å². The molecule has 2 aliphatic heterocycles. The first-order valence-corrected chi connectivity index (χ1v) is 10.9. The number of carbonyl (C=O) groups excluding carboxylic acids is 1. The number of hydrogen-bond donors (Lipinski definition) is 1. The van der Waals surface area contributed by atoms with Gasteiger partial charge in [-0.05, 0) is 64.5 Å². The summed E-state index contributed by atoms with van der Waals surface area (Å²) in [5, 5.41) is 12.0. The SMILES string of the molecule is CC(C)OCCCNC(=O)C1CCN(c2ccc(N3CCCCC3)nn2)CC1. The van der Waals surface area contributed by atoms with E-state index in [1.165, 1.54) is 19.3 Å². The monoisotopic (exact) mass is 389 g/mol. The standard InChI is InChI=1S/C21H35N5O2/c1-17(2)28-16-6-11-22-21(27)18-9-14-26(15-10-18)20-8-7-19(23-24-20)25-12-4-3-5-13-25/h7-8,17-18H,3-6,9-16H2,1-2H3,(H,22,27). The van der Waals surface area contributed by atoms with Gasteiger partial charge in [-0.25, -0.2) is 0 Å². The van der Waals surface area contributed by atoms with E-state index in [2.05, 4.69) is 37.4 Å². The minimum Gasteiger partial charge on any atom is -0.379 e. The molecule has 1 aromatic rings. The summed E-state index contributed by atoms with van der Waals surface area (Å²) in [6, 6.07) is 4.16. The first kappa shape index (κ1) is 20.8. The van der Waals surface area contributed by atoms with Gasteiger partial charge in [0.05, 0.1) is 6.10 Å². The fraction of sp³-hybridized carbons (Fsp3) is 0.762. The van der Waals surface area contributed by atoms with Crippen molar-refractivity contribution in [1.82, 2.24) is 15.5 Å². The zero-order valence-corrected chi connectivity index (χ0v) is 17.4. The fourth-order valence-electron chi connectivity index (χ4n) is 3.90. The lowest BCUT2D eigenvalue weighted by molar-refractivity contribution is -0.125. The third-order valence-electron chi connectivity index (χ3n) is 5.58. The summed E-state index contributed by atoms with van der Waals surface area (Å²) in [6.45, 7) is 9.31. The van der Waals surface area contributed by atoms with Crippen LogP contribution in [-0.4, -0.2) is 61.5 Å². The predicted octanol–water partition coefficient (Wildman–Crippen LogP) is 2.61. The van der Waals surface area contributed by atoms with Crippen molar-refractivity contribution < 1.29 is 9.53 Å². The molecule has 1 amide bonds. The largest absolute Gasteiger partial charge is 0.379 e. The lowest BCUT2D eigenvalue weighted by Crippen LogP contribution is -2.41. The van der Waals surface area contributed by atoms with E-state index < -0.39 is 0 Å². The number of nitrogens with one attached hydrogen (secondary N) is 1. The lowest BCUT2D eigenvalue weighted by atomic mass is 9.96. The molecular formula is C21H35N5O2. The summed E-state index contributed by atoms with van der Waals surface area (Å²) in [4.78, 5) is 16.9. The van der Waals surface area contributed by atoms with Crippen LogP contribution in [0.3, 0.4) is 0 Å². The van der Waals surface area contributed by atoms with Gasteiger partial charge in [-0.1, -0.05) is 0 Å². The van der Waals surface area contributed by atoms with Gasteiger partial charge in [-0.15, -0.1) is 10.2 Å². The number of ether oxygens (including phenoxy) is 1. The summed E-state index contributed by atoms with van der Waals surface area (Å²) in [5.41, 5.74) is 0. The average Bonchev–Trinajstić information content (AvgIpc) is 2.74. The van der Waals surface area contributed by atoms with E-state index in [1.54, 1.807) is 0 Å². The second-order valence-corrected chi connectivity index (χ2v) is 8.12. The summed E-state index contributed by atoms with van der Waals surface area (Å²) in [6.07, 6.45) is 6.64. The Hall–Kier alpha value is -1.89. The Balaban J connectivity index is 1.39. The highest BCUT2D eigenvalue weighted by atomic mass is 16.5. The second-order valence-electron chi connectivity index (χ2n) is 8.12. The second kappa shape index (κ2) is 10.6. The molecule has 7 nitrogen and oxygen atoms in total. The minimum absolute atomic E-state index is 0.0999. The molecule has 3 rings (SSSR count). The zero-order chi connectivity index (χ0) is 19.8. The van der Waals surface area contributed by atoms with Gasteiger partial charge in [0.2, 0.25) is 5.91 Å². The summed E-state index contributed by atoms with van der Waals surface area (Å²) in [5.74, 6) is 2.18. The molecule has 2 fully saturated rings. The average molecular weight is 390 g/mol. The van der Waals surface area contributed by atoms with Gasteiger partial charge < -0.3 is 19.9 Å². The molecule has 156 valence electrons. The van der Waals surface area contributed by atoms with Crippen molar-refractivity contribution >= 4 is 17.5 Å². The smallest absolute Gasteiger partial charge is 0.223 e. The van der Waals surface area contributed by atoms with Crippen LogP contribution in [-0.2, 0) is 9.53 Å². The van der Waals surface area contributed by atoms with Gasteiger partial charge in [0.15, 0.2) is 11.6 Å². The van der Waals surface area contributed by atoms with Crippen LogP contribution in [0.1, 0.15) is 52.4 Å². The van der Waals surface area contributed by atoms with Crippen LogP contribution in [0.25, 0.3) is 0 Å². The van der Waals surface area contributed by atoms with E-state index in [0.29, 0.717) is 13.2 Å². The van der Waals surface area contributed by atoms with Crippen molar-refractivity contribution in [1.29, 1.82) is 0 Å². The molecule has 3 heterocycles. The van der Waals surface area contributed by atoms with E-state index in [9.17, 15) is 4.79 Å². The number of hydrogen-bond acceptors (Lipinski definition) is 6. The van der Waals surface area contributed by atoms with Gasteiger partial charge >= 0.3 is 0 Å². The molecule has 28 heavy (non-hydrogen) atoms. The third-order valence-corrected chi connectivity index (χ3v) is 5.58. The highest BCUT2D eigenvalue weighted by Gasteiger charge is 2.25. The normalized spacial score (nSPS) is 18.5. The highest BCUT2D eigenvalue weighted by molar-refractivity contribution is 5.78. The molecule has 0 spiro atoms. The molecule has 0 aromatic carbocycles. The first-order valence-electron chi connectivity index (χ1n) is 10.9. The number of carbonyl (C=O) groups is 1. The number of piperidine rings is 2. The Kier molecular flexibility index (Phi) is 7.89. The quantitative estimate of drug-likeness (QED) is 0.689. The molecule has 2 aliphatic rings. The van der Waals surface area contributed by atoms with Crippen LogP contribution >= 0.6 is 0 Å². The Morgan fingerprint density at radius 2 is 1.68 bits per heavy atom. The van der Waals surface area contributed by atoms with Crippen molar-refractivity contribution in [3.63, 3.8) is 0 Å². The van der Waals surface area contributed by atoms with Gasteiger partial charge in [0.1, 0.15) is 0 Å². The molecule has 1 aromatic heterocycles. The molecule has 0 radical (unpaired) electrons. The van der Waals surface area contributed by atoms with E-state index in [0.717, 1.165) is 57.1 Å². The van der Waals surface area contributed by atoms with Crippen LogP contribution in [0, 0.1) is 5.92 Å². The minimum atomic E-state index is 0.0999. The van der Waals surface area contributed by atoms with Gasteiger partial charge in [0, 0.05) is 45.2 Å². The van der Waals surface area contributed by atoms with Crippen molar-refractivity contribution in [3.05, 3.63) is 12.1 Å². The van der Waals surface area contributed by atoms with E-state index >= 15 is 0 Å². The van der Waals surface area contributed by atoms with Crippen LogP contribution in [0.2, 0.25) is 0 Å². The summed E-state index contributed by atoms with van der Waals surface area (Å²) < 4.78 is 5.51. The van der Waals surface area contributed by atoms with Crippen LogP contribution in [0.15, 0.2) is 12.1 Å². The van der Waals surface area contributed by atoms with Gasteiger partial charge in [-0.3, -0.25) is 4.79 Å². The summed E-state index contributed by atoms with van der Waals surface area (Å²) in [7, 11) is 0. The van der Waals surface area contributed by atoms with E-state index in [-0.39, 0.29) is 17.9 Å². The molecule has 1 N–H and O–H groups in total. The first-order chi connectivity index (χ1) is 13.6. The molecular weight excluding hydrogens is 354 g/mol. The van der Waals surface area contributed by atoms with Crippen molar-refractivity contribution in [2.24, 2.45) is 5.92 Å². The van der Waals surface area contributed by atoms with Crippen LogP contribution < -0.4 is 15.1 Å². The number of anilines is 2. The number of aromatic nitrogens is 2. The highest BCUT2D eigenvalue weighted by Crippen LogP contribution is 2.23. The van der Waals surface area contributed by atoms with Gasteiger partial charge in [-0.2, -0.15) is 0 Å². The molecule has 7 heteroatoms.